The summed E-state index contributed by atoms with van der Waals surface area (Å²) in [5.74, 6) is -0.628. The number of amides is 2. The van der Waals surface area contributed by atoms with Gasteiger partial charge in [-0.3, -0.25) is 13.9 Å². The summed E-state index contributed by atoms with van der Waals surface area (Å²) >= 11 is 4.41. The molecule has 0 bridgehead atoms. The molecule has 2 aromatic rings. The molecule has 1 spiro atoms. The van der Waals surface area contributed by atoms with Crippen LogP contribution in [0.1, 0.15) is 47.2 Å². The van der Waals surface area contributed by atoms with Crippen LogP contribution in [0.25, 0.3) is 11.1 Å². The number of benzene rings is 2. The number of hydrogen-bond donors (Lipinski definition) is 3. The van der Waals surface area contributed by atoms with Crippen LogP contribution in [0.3, 0.4) is 0 Å². The van der Waals surface area contributed by atoms with Crippen LogP contribution in [0.15, 0.2) is 30.3 Å². The molecule has 2 aromatic carbocycles. The van der Waals surface area contributed by atoms with Crippen molar-refractivity contribution in [3.05, 3.63) is 52.8 Å². The van der Waals surface area contributed by atoms with Crippen LogP contribution < -0.4 is 10.6 Å². The molecule has 2 N–H and O–H groups in total. The summed E-state index contributed by atoms with van der Waals surface area (Å²) in [5, 5.41) is 5.95. The topological polar surface area (TPSA) is 61.4 Å². The standard InChI is InChI=1S/C23H24FN3O2S/c1-13-17(10-15(11-19(13)24)21(28)25-16-3-4-16)14-2-5-18-20(12-14)26-22(29)23(18)6-8-27(30)9-7-23/h2,5,10-12,16,30H,3-4,6-9H2,1H3,(H,25,28)(H,26,29). The van der Waals surface area contributed by atoms with Gasteiger partial charge in [-0.1, -0.05) is 24.9 Å². The van der Waals surface area contributed by atoms with Gasteiger partial charge in [0.25, 0.3) is 5.91 Å². The van der Waals surface area contributed by atoms with Crippen LogP contribution in [0, 0.1) is 12.7 Å². The Hall–Kier alpha value is -2.38. The Kier molecular flexibility index (Phi) is 4.63. The van der Waals surface area contributed by atoms with Gasteiger partial charge in [-0.2, -0.15) is 0 Å². The normalized spacial score (nSPS) is 20.2. The van der Waals surface area contributed by atoms with Crippen LogP contribution >= 0.6 is 12.8 Å². The van der Waals surface area contributed by atoms with Gasteiger partial charge in [0.15, 0.2) is 0 Å². The Morgan fingerprint density at radius 1 is 1.23 bits per heavy atom. The number of rotatable bonds is 3. The molecular formula is C23H24FN3O2S. The van der Waals surface area contributed by atoms with Crippen molar-refractivity contribution in [1.82, 2.24) is 9.62 Å². The van der Waals surface area contributed by atoms with E-state index in [2.05, 4.69) is 23.4 Å². The summed E-state index contributed by atoms with van der Waals surface area (Å²) in [6.07, 6.45) is 3.40. The molecule has 1 saturated carbocycles. The summed E-state index contributed by atoms with van der Waals surface area (Å²) in [6.45, 7) is 3.21. The monoisotopic (exact) mass is 425 g/mol. The number of fused-ring (bicyclic) bond motifs is 2. The number of thiol groups is 1. The molecule has 0 atom stereocenters. The van der Waals surface area contributed by atoms with Gasteiger partial charge in [0.1, 0.15) is 5.82 Å². The van der Waals surface area contributed by atoms with Crippen LogP contribution in [-0.4, -0.2) is 35.3 Å². The van der Waals surface area contributed by atoms with E-state index in [0.29, 0.717) is 16.7 Å². The molecule has 0 aromatic heterocycles. The molecular weight excluding hydrogens is 401 g/mol. The lowest BCUT2D eigenvalue weighted by atomic mass is 9.74. The minimum atomic E-state index is -0.514. The first-order chi connectivity index (χ1) is 14.4. The molecule has 7 heteroatoms. The van der Waals surface area contributed by atoms with Gasteiger partial charge in [-0.25, -0.2) is 4.39 Å². The second-order valence-corrected chi connectivity index (χ2v) is 9.19. The molecule has 5 nitrogen and oxygen atoms in total. The molecule has 0 unspecified atom stereocenters. The van der Waals surface area contributed by atoms with E-state index in [9.17, 15) is 14.0 Å². The number of carbonyl (C=O) groups excluding carboxylic acids is 2. The smallest absolute Gasteiger partial charge is 0.251 e. The van der Waals surface area contributed by atoms with Gasteiger partial charge < -0.3 is 10.6 Å². The van der Waals surface area contributed by atoms with E-state index in [1.54, 1.807) is 13.0 Å². The van der Waals surface area contributed by atoms with E-state index >= 15 is 0 Å². The van der Waals surface area contributed by atoms with Crippen molar-refractivity contribution in [2.75, 3.05) is 18.4 Å². The second-order valence-electron chi connectivity index (χ2n) is 8.63. The van der Waals surface area contributed by atoms with E-state index in [0.717, 1.165) is 55.6 Å². The number of carbonyl (C=O) groups is 2. The number of nitrogens with one attached hydrogen (secondary N) is 2. The van der Waals surface area contributed by atoms with Gasteiger partial charge in [0.05, 0.1) is 5.41 Å². The van der Waals surface area contributed by atoms with Crippen molar-refractivity contribution >= 4 is 30.3 Å². The minimum Gasteiger partial charge on any atom is -0.349 e. The van der Waals surface area contributed by atoms with E-state index in [1.165, 1.54) is 6.07 Å². The highest BCUT2D eigenvalue weighted by atomic mass is 32.1. The van der Waals surface area contributed by atoms with Crippen molar-refractivity contribution in [3.8, 4) is 11.1 Å². The van der Waals surface area contributed by atoms with Crippen LogP contribution in [0.2, 0.25) is 0 Å². The predicted molar refractivity (Wildman–Crippen MR) is 117 cm³/mol. The average molecular weight is 426 g/mol. The number of anilines is 1. The van der Waals surface area contributed by atoms with Crippen LogP contribution in [0.4, 0.5) is 10.1 Å². The van der Waals surface area contributed by atoms with Crippen molar-refractivity contribution < 1.29 is 14.0 Å². The summed E-state index contributed by atoms with van der Waals surface area (Å²) in [7, 11) is 0. The highest BCUT2D eigenvalue weighted by molar-refractivity contribution is 7.77. The van der Waals surface area contributed by atoms with Crippen molar-refractivity contribution in [3.63, 3.8) is 0 Å². The molecule has 1 aliphatic carbocycles. The summed E-state index contributed by atoms with van der Waals surface area (Å²) in [6, 6.07) is 9.05. The predicted octanol–water partition coefficient (Wildman–Crippen LogP) is 3.82. The molecule has 2 aliphatic heterocycles. The third kappa shape index (κ3) is 3.20. The van der Waals surface area contributed by atoms with Gasteiger partial charge in [-0.15, -0.1) is 0 Å². The molecule has 5 rings (SSSR count). The largest absolute Gasteiger partial charge is 0.349 e. The fourth-order valence-electron chi connectivity index (χ4n) is 4.58. The maximum Gasteiger partial charge on any atom is 0.251 e. The molecule has 2 heterocycles. The van der Waals surface area contributed by atoms with Crippen LogP contribution in [-0.2, 0) is 10.2 Å². The number of piperidine rings is 1. The second kappa shape index (κ2) is 7.10. The summed E-state index contributed by atoms with van der Waals surface area (Å²) in [4.78, 5) is 25.3. The SMILES string of the molecule is Cc1c(F)cc(C(=O)NC2CC2)cc1-c1ccc2c(c1)NC(=O)C21CCN(S)CC1. The Balaban J connectivity index is 1.52. The Bertz CT molecular complexity index is 1060. The highest BCUT2D eigenvalue weighted by Gasteiger charge is 2.48. The van der Waals surface area contributed by atoms with Gasteiger partial charge in [0.2, 0.25) is 5.91 Å². The molecule has 2 amide bonds. The Morgan fingerprint density at radius 3 is 2.67 bits per heavy atom. The number of halogens is 1. The maximum absolute atomic E-state index is 14.6. The van der Waals surface area contributed by atoms with Gasteiger partial charge in [0, 0.05) is 30.4 Å². The summed E-state index contributed by atoms with van der Waals surface area (Å²) in [5.41, 5.74) is 3.52. The Morgan fingerprint density at radius 2 is 1.97 bits per heavy atom. The zero-order valence-corrected chi connectivity index (χ0v) is 17.7. The number of hydrogen-bond acceptors (Lipinski definition) is 4. The van der Waals surface area contributed by atoms with E-state index < -0.39 is 11.2 Å². The quantitative estimate of drug-likeness (QED) is 0.655. The average Bonchev–Trinajstić information content (AvgIpc) is 3.50. The zero-order chi connectivity index (χ0) is 21.0. The van der Waals surface area contributed by atoms with Gasteiger partial charge >= 0.3 is 0 Å². The third-order valence-corrected chi connectivity index (χ3v) is 7.04. The summed E-state index contributed by atoms with van der Waals surface area (Å²) < 4.78 is 16.6. The molecule has 3 aliphatic rings. The maximum atomic E-state index is 14.6. The number of nitrogens with zero attached hydrogens (tertiary/aromatic N) is 1. The van der Waals surface area contributed by atoms with Crippen molar-refractivity contribution in [1.29, 1.82) is 0 Å². The zero-order valence-electron chi connectivity index (χ0n) is 16.8. The first-order valence-corrected chi connectivity index (χ1v) is 10.8. The van der Waals surface area contributed by atoms with Crippen molar-refractivity contribution in [2.45, 2.75) is 44.1 Å². The first-order valence-electron chi connectivity index (χ1n) is 10.4. The fraction of sp³-hybridized carbons (Fsp3) is 0.391. The fourth-order valence-corrected chi connectivity index (χ4v) is 4.78. The Labute approximate surface area is 180 Å². The lowest BCUT2D eigenvalue weighted by Crippen LogP contribution is -2.43. The third-order valence-electron chi connectivity index (χ3n) is 6.64. The molecule has 1 saturated heterocycles. The molecule has 0 radical (unpaired) electrons. The minimum absolute atomic E-state index is 0.0246. The highest BCUT2D eigenvalue weighted by Crippen LogP contribution is 2.46. The lowest BCUT2D eigenvalue weighted by molar-refractivity contribution is -0.122. The van der Waals surface area contributed by atoms with E-state index in [-0.39, 0.29) is 17.9 Å². The lowest BCUT2D eigenvalue weighted by Gasteiger charge is -2.35. The van der Waals surface area contributed by atoms with Crippen LogP contribution in [0.5, 0.6) is 0 Å². The molecule has 2 fully saturated rings. The first kappa shape index (κ1) is 19.6. The van der Waals surface area contributed by atoms with E-state index in [1.807, 2.05) is 22.5 Å². The van der Waals surface area contributed by atoms with Gasteiger partial charge in [-0.05, 0) is 73.1 Å². The molecule has 30 heavy (non-hydrogen) atoms. The van der Waals surface area contributed by atoms with E-state index in [4.69, 9.17) is 0 Å². The van der Waals surface area contributed by atoms with Crippen molar-refractivity contribution in [2.24, 2.45) is 0 Å². The molecule has 156 valence electrons.